The summed E-state index contributed by atoms with van der Waals surface area (Å²) in [5, 5.41) is 0. The highest BCUT2D eigenvalue weighted by Gasteiger charge is 2.41. The van der Waals surface area contributed by atoms with Crippen LogP contribution in [0.15, 0.2) is 0 Å². The molecule has 4 bridgehead atoms. The van der Waals surface area contributed by atoms with Crippen molar-refractivity contribution in [1.29, 1.82) is 0 Å². The Morgan fingerprint density at radius 2 is 0.190 bits per heavy atom. The van der Waals surface area contributed by atoms with Gasteiger partial charge in [-0.3, -0.25) is 0 Å². The summed E-state index contributed by atoms with van der Waals surface area (Å²) in [7, 11) is 0. The fourth-order valence-corrected chi connectivity index (χ4v) is 8.83. The summed E-state index contributed by atoms with van der Waals surface area (Å²) in [5.41, 5.74) is 0. The molecule has 0 radical (unpaired) electrons. The van der Waals surface area contributed by atoms with Crippen molar-refractivity contribution in [1.82, 2.24) is 0 Å². The van der Waals surface area contributed by atoms with E-state index in [1.807, 2.05) is 96.9 Å². The standard InChI is InChI=1S/C10H16.C8H16.C7H14.C6H12.C5H10.C4H8.C3H6.7C2H6.CH4/c1-7-2-9-4-8(1)5-10(3-7)6-9;1-2-4-6-8-7-5-3-1;1-2-4-6-7-5-3-1;1-2-4-6-5-3-1;1-2-4-5-3-1;1-2-4-3-1;1-2-3-1;7*1-2;/h7-10H,1-6H2;1-8H2;1-7H2;1-6H2;1-5H2;1-4H2;1-3H2;7*1-2H3;1H4. The normalized spacial score (nSPS) is 24.3. The molecule has 0 nitrogen and oxygen atoms in total. The van der Waals surface area contributed by atoms with E-state index in [0.29, 0.717) is 0 Å². The molecule has 0 N–H and O–H groups in total. The Bertz CT molecular complexity index is 437. The zero-order chi connectivity index (χ0) is 43.9. The topological polar surface area (TPSA) is 0 Å². The molecular weight excluding hydrogens is 697 g/mol. The number of rotatable bonds is 0. The molecule has 10 fully saturated rings. The molecule has 0 amide bonds. The fraction of sp³-hybridized carbons (Fsp3) is 1.00. The van der Waals surface area contributed by atoms with E-state index in [0.717, 1.165) is 0 Å². The van der Waals surface area contributed by atoms with Gasteiger partial charge in [0.15, 0.2) is 0 Å². The maximum absolute atomic E-state index is 2.00. The van der Waals surface area contributed by atoms with Crippen molar-refractivity contribution in [2.45, 2.75) is 355 Å². The van der Waals surface area contributed by atoms with Crippen LogP contribution in [-0.2, 0) is 0 Å². The lowest BCUT2D eigenvalue weighted by molar-refractivity contribution is 0.0198. The van der Waals surface area contributed by atoms with Crippen LogP contribution in [0.1, 0.15) is 355 Å². The van der Waals surface area contributed by atoms with Crippen LogP contribution in [0, 0.1) is 23.7 Å². The molecule has 10 saturated carbocycles. The van der Waals surface area contributed by atoms with Gasteiger partial charge in [0.1, 0.15) is 0 Å². The molecule has 0 atom stereocenters. The average molecular weight is 826 g/mol. The molecule has 0 aromatic carbocycles. The molecule has 0 aromatic rings. The second-order valence-corrected chi connectivity index (χ2v) is 16.5. The van der Waals surface area contributed by atoms with E-state index in [4.69, 9.17) is 0 Å². The lowest BCUT2D eigenvalue weighted by Gasteiger charge is -2.49. The van der Waals surface area contributed by atoms with Crippen molar-refractivity contribution in [3.05, 3.63) is 0 Å². The number of hydrogen-bond donors (Lipinski definition) is 0. The van der Waals surface area contributed by atoms with Gasteiger partial charge in [0, 0.05) is 0 Å². The zero-order valence-electron chi connectivity index (χ0n) is 43.9. The summed E-state index contributed by atoms with van der Waals surface area (Å²) in [6.45, 7) is 28.0. The van der Waals surface area contributed by atoms with Crippen LogP contribution >= 0.6 is 0 Å². The first-order valence-electron chi connectivity index (χ1n) is 28.4. The Morgan fingerprint density at radius 1 is 0.138 bits per heavy atom. The van der Waals surface area contributed by atoms with E-state index in [1.54, 1.807) is 38.5 Å². The van der Waals surface area contributed by atoms with Gasteiger partial charge in [0.25, 0.3) is 0 Å². The maximum Gasteiger partial charge on any atom is -0.0406 e. The summed E-state index contributed by atoms with van der Waals surface area (Å²) in [5.74, 6) is 4.71. The SMILES string of the molecule is C.C1C2CC3CC1CC(C2)C3.C1CC1.C1CCC1.C1CCCC1.C1CCCCC1.C1CCCCCC1.C1CCCCCCC1.CC.CC.CC.CC.CC.CC.CC. The lowest BCUT2D eigenvalue weighted by atomic mass is 9.56. The van der Waals surface area contributed by atoms with Crippen LogP contribution < -0.4 is 0 Å². The van der Waals surface area contributed by atoms with Gasteiger partial charge < -0.3 is 0 Å². The minimum atomic E-state index is 0. The minimum absolute atomic E-state index is 0. The molecule has 0 aromatic heterocycles. The highest BCUT2D eigenvalue weighted by Crippen LogP contribution is 2.53. The van der Waals surface area contributed by atoms with Crippen molar-refractivity contribution >= 4 is 0 Å². The van der Waals surface area contributed by atoms with Crippen LogP contribution in [0.2, 0.25) is 0 Å². The summed E-state index contributed by atoms with van der Waals surface area (Å²) in [4.78, 5) is 0. The summed E-state index contributed by atoms with van der Waals surface area (Å²) < 4.78 is 0. The Hall–Kier alpha value is 0. The van der Waals surface area contributed by atoms with E-state index < -0.39 is 0 Å². The molecule has 0 heterocycles. The molecule has 360 valence electrons. The highest BCUT2D eigenvalue weighted by molar-refractivity contribution is 4.93. The van der Waals surface area contributed by atoms with E-state index in [2.05, 4.69) is 0 Å². The van der Waals surface area contributed by atoms with E-state index >= 15 is 0 Å². The Labute approximate surface area is 377 Å². The minimum Gasteiger partial charge on any atom is -0.0776 e. The summed E-state index contributed by atoms with van der Waals surface area (Å²) in [6, 6.07) is 0. The van der Waals surface area contributed by atoms with Crippen LogP contribution in [0.5, 0.6) is 0 Å². The molecule has 58 heavy (non-hydrogen) atoms. The summed E-state index contributed by atoms with van der Waals surface area (Å²) >= 11 is 0. The van der Waals surface area contributed by atoms with Crippen molar-refractivity contribution in [3.63, 3.8) is 0 Å². The van der Waals surface area contributed by atoms with E-state index in [1.165, 1.54) is 236 Å². The van der Waals surface area contributed by atoms with Gasteiger partial charge >= 0.3 is 0 Å². The van der Waals surface area contributed by atoms with Crippen LogP contribution in [0.3, 0.4) is 0 Å². The van der Waals surface area contributed by atoms with Gasteiger partial charge in [-0.15, -0.1) is 0 Å². The molecular formula is C58H128. The Morgan fingerprint density at radius 3 is 0.241 bits per heavy atom. The molecule has 10 aliphatic carbocycles. The van der Waals surface area contributed by atoms with Gasteiger partial charge in [-0.1, -0.05) is 316 Å². The first kappa shape index (κ1) is 69.7. The smallest absolute Gasteiger partial charge is 0.0406 e. The predicted molar refractivity (Wildman–Crippen MR) is 280 cm³/mol. The molecule has 10 aliphatic rings. The van der Waals surface area contributed by atoms with Gasteiger partial charge in [-0.25, -0.2) is 0 Å². The first-order chi connectivity index (χ1) is 28.4. The fourth-order valence-electron chi connectivity index (χ4n) is 8.83. The van der Waals surface area contributed by atoms with Gasteiger partial charge in [0.05, 0.1) is 0 Å². The monoisotopic (exact) mass is 825 g/mol. The first-order valence-corrected chi connectivity index (χ1v) is 28.4. The maximum atomic E-state index is 2.00. The highest BCUT2D eigenvalue weighted by atomic mass is 14.5. The van der Waals surface area contributed by atoms with Crippen molar-refractivity contribution in [2.75, 3.05) is 0 Å². The second kappa shape index (κ2) is 68.7. The average Bonchev–Trinajstić information content (AvgIpc) is 4.09. The van der Waals surface area contributed by atoms with E-state index in [9.17, 15) is 0 Å². The molecule has 0 heteroatoms. The van der Waals surface area contributed by atoms with E-state index in [-0.39, 0.29) is 7.43 Å². The van der Waals surface area contributed by atoms with Gasteiger partial charge in [-0.2, -0.15) is 0 Å². The van der Waals surface area contributed by atoms with Crippen LogP contribution in [-0.4, -0.2) is 0 Å². The van der Waals surface area contributed by atoms with Crippen molar-refractivity contribution < 1.29 is 0 Å². The van der Waals surface area contributed by atoms with Gasteiger partial charge in [0.2, 0.25) is 0 Å². The second-order valence-electron chi connectivity index (χ2n) is 16.5. The summed E-state index contributed by atoms with van der Waals surface area (Å²) in [6.07, 6.45) is 59.1. The molecule has 0 aliphatic heterocycles. The van der Waals surface area contributed by atoms with Crippen molar-refractivity contribution in [3.8, 4) is 0 Å². The molecule has 0 unspecified atom stereocenters. The molecule has 0 spiro atoms. The Balaban J connectivity index is -0.000000131. The third-order valence-electron chi connectivity index (χ3n) is 11.9. The molecule has 0 saturated heterocycles. The van der Waals surface area contributed by atoms with Crippen molar-refractivity contribution in [2.24, 2.45) is 23.7 Å². The van der Waals surface area contributed by atoms with Crippen LogP contribution in [0.4, 0.5) is 0 Å². The zero-order valence-corrected chi connectivity index (χ0v) is 43.9. The van der Waals surface area contributed by atoms with Crippen LogP contribution in [0.25, 0.3) is 0 Å². The predicted octanol–water partition coefficient (Wildman–Crippen LogP) is 23.5. The van der Waals surface area contributed by atoms with Gasteiger partial charge in [-0.05, 0) is 62.2 Å². The Kier molecular flexibility index (Phi) is 82.6. The molecule has 10 rings (SSSR count). The quantitative estimate of drug-likeness (QED) is 0.214. The third-order valence-corrected chi connectivity index (χ3v) is 11.9. The third kappa shape index (κ3) is 56.0. The number of hydrogen-bond acceptors (Lipinski definition) is 0. The largest absolute Gasteiger partial charge is 0.0776 e. The lowest BCUT2D eigenvalue weighted by Crippen LogP contribution is -2.38.